The van der Waals surface area contributed by atoms with Crippen LogP contribution in [0.2, 0.25) is 0 Å². The highest BCUT2D eigenvalue weighted by Crippen LogP contribution is 2.17. The van der Waals surface area contributed by atoms with E-state index in [2.05, 4.69) is 0 Å². The zero-order valence-electron chi connectivity index (χ0n) is 8.70. The minimum absolute atomic E-state index is 0.321. The van der Waals surface area contributed by atoms with Gasteiger partial charge in [-0.1, -0.05) is 0 Å². The van der Waals surface area contributed by atoms with Gasteiger partial charge in [-0.2, -0.15) is 11.8 Å². The lowest BCUT2D eigenvalue weighted by atomic mass is 10.1. The average molecular weight is 243 g/mol. The lowest BCUT2D eigenvalue weighted by Crippen LogP contribution is -2.30. The molecule has 0 unspecified atom stereocenters. The Labute approximate surface area is 97.5 Å². The van der Waals surface area contributed by atoms with Crippen LogP contribution in [0.3, 0.4) is 0 Å². The van der Waals surface area contributed by atoms with Gasteiger partial charge in [0.05, 0.1) is 0 Å². The summed E-state index contributed by atoms with van der Waals surface area (Å²) in [7, 11) is 0. The fourth-order valence-electron chi connectivity index (χ4n) is 1.18. The number of rotatable bonds is 5. The van der Waals surface area contributed by atoms with Gasteiger partial charge >= 0.3 is 0 Å². The fourth-order valence-corrected chi connectivity index (χ4v) is 1.93. The molecule has 0 aliphatic carbocycles. The van der Waals surface area contributed by atoms with Gasteiger partial charge in [-0.15, -0.1) is 0 Å². The normalized spacial score (nSPS) is 10.2. The molecule has 0 bridgehead atoms. The summed E-state index contributed by atoms with van der Waals surface area (Å²) in [5.41, 5.74) is 8.18. The van der Waals surface area contributed by atoms with E-state index in [1.165, 1.54) is 30.0 Å². The van der Waals surface area contributed by atoms with Crippen molar-refractivity contribution in [3.05, 3.63) is 35.1 Å². The smallest absolute Gasteiger partial charge is 0.265 e. The number of halogens is 1. The Balaban J connectivity index is 2.78. The number of carbonyl (C=O) groups excluding carboxylic acids is 1. The van der Waals surface area contributed by atoms with Gasteiger partial charge in [0.25, 0.3) is 5.91 Å². The Hall–Kier alpha value is -1.11. The summed E-state index contributed by atoms with van der Waals surface area (Å²) in [6.45, 7) is 0.551. The molecule has 1 rings (SSSR count). The fraction of sp³-hybridized carbons (Fsp3) is 0.300. The third-order valence-electron chi connectivity index (χ3n) is 1.96. The van der Waals surface area contributed by atoms with Gasteiger partial charge in [0.1, 0.15) is 5.82 Å². The monoisotopic (exact) mass is 243 g/mol. The number of hydrogen-bond donors (Lipinski definition) is 3. The topological polar surface area (TPSA) is 81.1 Å². The van der Waals surface area contributed by atoms with Crippen LogP contribution in [0.25, 0.3) is 0 Å². The van der Waals surface area contributed by atoms with Crippen LogP contribution in [-0.4, -0.2) is 18.2 Å². The lowest BCUT2D eigenvalue weighted by molar-refractivity contribution is 0.0953. The molecule has 0 saturated heterocycles. The molecule has 16 heavy (non-hydrogen) atoms. The van der Waals surface area contributed by atoms with Crippen LogP contribution in [0.15, 0.2) is 18.2 Å². The van der Waals surface area contributed by atoms with Gasteiger partial charge in [0.2, 0.25) is 0 Å². The summed E-state index contributed by atoms with van der Waals surface area (Å²) in [6.07, 6.45) is 0. The Morgan fingerprint density at radius 3 is 2.88 bits per heavy atom. The number of benzene rings is 1. The first kappa shape index (κ1) is 13.0. The summed E-state index contributed by atoms with van der Waals surface area (Å²) in [5, 5.41) is 0. The van der Waals surface area contributed by atoms with E-state index in [9.17, 15) is 9.18 Å². The average Bonchev–Trinajstić information content (AvgIpc) is 2.31. The maximum atomic E-state index is 13.4. The minimum Gasteiger partial charge on any atom is -0.330 e. The van der Waals surface area contributed by atoms with Crippen LogP contribution in [0.4, 0.5) is 4.39 Å². The van der Waals surface area contributed by atoms with Gasteiger partial charge in [0, 0.05) is 23.6 Å². The zero-order valence-corrected chi connectivity index (χ0v) is 9.52. The van der Waals surface area contributed by atoms with E-state index < -0.39 is 5.91 Å². The molecule has 88 valence electrons. The zero-order chi connectivity index (χ0) is 12.0. The van der Waals surface area contributed by atoms with Crippen LogP contribution in [0.5, 0.6) is 0 Å². The molecule has 0 radical (unpaired) electrons. The summed E-state index contributed by atoms with van der Waals surface area (Å²) < 4.78 is 13.4. The molecule has 4 nitrogen and oxygen atoms in total. The number of hydrogen-bond acceptors (Lipinski definition) is 4. The third kappa shape index (κ3) is 3.48. The Bertz CT molecular complexity index is 373. The van der Waals surface area contributed by atoms with Gasteiger partial charge in [-0.25, -0.2) is 10.2 Å². The molecule has 1 aromatic rings. The van der Waals surface area contributed by atoms with Gasteiger partial charge < -0.3 is 5.73 Å². The lowest BCUT2D eigenvalue weighted by Gasteiger charge is -2.05. The number of nitrogens with one attached hydrogen (secondary N) is 1. The van der Waals surface area contributed by atoms with Crippen LogP contribution >= 0.6 is 11.8 Å². The summed E-state index contributed by atoms with van der Waals surface area (Å²) >= 11 is 1.52. The second-order valence-corrected chi connectivity index (χ2v) is 4.23. The molecule has 1 aromatic carbocycles. The standard InChI is InChI=1S/C10H14FN3OS/c11-9-2-1-7(10(15)14-13)5-8(9)6-16-4-3-12/h1-2,5H,3-4,6,12-13H2,(H,14,15). The van der Waals surface area contributed by atoms with E-state index in [0.29, 0.717) is 23.4 Å². The summed E-state index contributed by atoms with van der Waals surface area (Å²) in [5.74, 6) is 5.50. The van der Waals surface area contributed by atoms with Crippen molar-refractivity contribution in [1.82, 2.24) is 5.43 Å². The van der Waals surface area contributed by atoms with E-state index in [-0.39, 0.29) is 5.82 Å². The van der Waals surface area contributed by atoms with Crippen molar-refractivity contribution in [2.75, 3.05) is 12.3 Å². The molecule has 5 N–H and O–H groups in total. The Morgan fingerprint density at radius 1 is 1.50 bits per heavy atom. The molecular weight excluding hydrogens is 229 g/mol. The van der Waals surface area contributed by atoms with E-state index in [0.717, 1.165) is 5.75 Å². The van der Waals surface area contributed by atoms with Crippen molar-refractivity contribution in [1.29, 1.82) is 0 Å². The molecule has 0 aromatic heterocycles. The predicted octanol–water partition coefficient (Wildman–Crippen LogP) is 0.621. The first-order valence-electron chi connectivity index (χ1n) is 4.76. The van der Waals surface area contributed by atoms with E-state index in [4.69, 9.17) is 11.6 Å². The molecule has 0 fully saturated rings. The van der Waals surface area contributed by atoms with E-state index in [1.807, 2.05) is 5.43 Å². The number of carbonyl (C=O) groups is 1. The summed E-state index contributed by atoms with van der Waals surface area (Å²) in [6, 6.07) is 4.17. The Morgan fingerprint density at radius 2 is 2.25 bits per heavy atom. The van der Waals surface area contributed by atoms with E-state index in [1.54, 1.807) is 0 Å². The van der Waals surface area contributed by atoms with Crippen molar-refractivity contribution >= 4 is 17.7 Å². The largest absolute Gasteiger partial charge is 0.330 e. The van der Waals surface area contributed by atoms with Crippen LogP contribution in [0.1, 0.15) is 15.9 Å². The van der Waals surface area contributed by atoms with Gasteiger partial charge in [-0.05, 0) is 23.8 Å². The van der Waals surface area contributed by atoms with Crippen LogP contribution in [-0.2, 0) is 5.75 Å². The molecule has 6 heteroatoms. The minimum atomic E-state index is -0.426. The molecule has 0 atom stereocenters. The Kier molecular flexibility index (Phi) is 5.24. The number of nitrogen functional groups attached to an aromatic ring is 1. The number of amides is 1. The first-order chi connectivity index (χ1) is 7.69. The van der Waals surface area contributed by atoms with Crippen molar-refractivity contribution in [2.24, 2.45) is 11.6 Å². The molecule has 0 aliphatic heterocycles. The highest BCUT2D eigenvalue weighted by molar-refractivity contribution is 7.98. The maximum Gasteiger partial charge on any atom is 0.265 e. The molecule has 1 amide bonds. The van der Waals surface area contributed by atoms with Gasteiger partial charge in [-0.3, -0.25) is 10.2 Å². The number of hydrazine groups is 1. The second kappa shape index (κ2) is 6.47. The number of thioether (sulfide) groups is 1. The van der Waals surface area contributed by atoms with E-state index >= 15 is 0 Å². The third-order valence-corrected chi connectivity index (χ3v) is 3.00. The van der Waals surface area contributed by atoms with Crippen LogP contribution < -0.4 is 17.0 Å². The quantitative estimate of drug-likeness (QED) is 0.306. The van der Waals surface area contributed by atoms with Crippen molar-refractivity contribution in [2.45, 2.75) is 5.75 Å². The molecule has 0 saturated carbocycles. The molecule has 0 aliphatic rings. The van der Waals surface area contributed by atoms with Crippen molar-refractivity contribution < 1.29 is 9.18 Å². The maximum absolute atomic E-state index is 13.4. The summed E-state index contributed by atoms with van der Waals surface area (Å²) in [4.78, 5) is 11.2. The predicted molar refractivity (Wildman–Crippen MR) is 63.3 cm³/mol. The number of nitrogens with two attached hydrogens (primary N) is 2. The van der Waals surface area contributed by atoms with Gasteiger partial charge in [0.15, 0.2) is 0 Å². The molecular formula is C10H14FN3OS. The van der Waals surface area contributed by atoms with Crippen LogP contribution in [0, 0.1) is 5.82 Å². The molecule has 0 spiro atoms. The highest BCUT2D eigenvalue weighted by Gasteiger charge is 2.08. The first-order valence-corrected chi connectivity index (χ1v) is 5.91. The second-order valence-electron chi connectivity index (χ2n) is 3.12. The molecule has 0 heterocycles. The highest BCUT2D eigenvalue weighted by atomic mass is 32.2. The van der Waals surface area contributed by atoms with Crippen molar-refractivity contribution in [3.63, 3.8) is 0 Å². The SMILES string of the molecule is NCCSCc1cc(C(=O)NN)ccc1F. The van der Waals surface area contributed by atoms with Crippen molar-refractivity contribution in [3.8, 4) is 0 Å².